The molecule has 0 unspecified atom stereocenters. The van der Waals surface area contributed by atoms with Crippen LogP contribution in [0.5, 0.6) is 5.75 Å². The topological polar surface area (TPSA) is 93.7 Å². The highest BCUT2D eigenvalue weighted by Crippen LogP contribution is 2.41. The second-order valence-corrected chi connectivity index (χ2v) is 6.94. The van der Waals surface area contributed by atoms with Gasteiger partial charge in [0, 0.05) is 25.0 Å². The third-order valence-corrected chi connectivity index (χ3v) is 5.23. The molecule has 2 N–H and O–H groups in total. The number of aromatic nitrogens is 2. The molecule has 0 spiro atoms. The molecule has 7 nitrogen and oxygen atoms in total. The molecule has 0 saturated carbocycles. The van der Waals surface area contributed by atoms with E-state index in [1.165, 1.54) is 11.2 Å². The van der Waals surface area contributed by atoms with E-state index in [2.05, 4.69) is 15.0 Å². The highest BCUT2D eigenvalue weighted by atomic mass is 16.5. The Kier molecular flexibility index (Phi) is 4.50. The number of carbonyl (C=O) groups is 1. The highest BCUT2D eigenvalue weighted by Gasteiger charge is 2.49. The molecule has 1 aliphatic rings. The lowest BCUT2D eigenvalue weighted by molar-refractivity contribution is -0.129. The number of hydrogen-bond donors (Lipinski definition) is 1. The molecule has 2 aromatic carbocycles. The van der Waals surface area contributed by atoms with Gasteiger partial charge in [-0.05, 0) is 47.4 Å². The zero-order valence-corrected chi connectivity index (χ0v) is 16.5. The van der Waals surface area contributed by atoms with Gasteiger partial charge in [0.2, 0.25) is 0 Å². The zero-order chi connectivity index (χ0) is 20.6. The second kappa shape index (κ2) is 7.01. The van der Waals surface area contributed by atoms with Crippen molar-refractivity contribution in [1.82, 2.24) is 14.9 Å². The van der Waals surface area contributed by atoms with Gasteiger partial charge in [0.25, 0.3) is 5.91 Å². The van der Waals surface area contributed by atoms with Crippen LogP contribution in [0, 0.1) is 6.92 Å². The Morgan fingerprint density at radius 3 is 2.38 bits per heavy atom. The van der Waals surface area contributed by atoms with Gasteiger partial charge in [0.05, 0.1) is 7.11 Å². The highest BCUT2D eigenvalue weighted by molar-refractivity contribution is 6.09. The summed E-state index contributed by atoms with van der Waals surface area (Å²) in [4.78, 5) is 27.6. The molecule has 29 heavy (non-hydrogen) atoms. The van der Waals surface area contributed by atoms with Crippen molar-refractivity contribution in [3.63, 3.8) is 0 Å². The van der Waals surface area contributed by atoms with E-state index in [0.717, 1.165) is 33.6 Å². The normalized spacial score (nSPS) is 18.7. The maximum atomic E-state index is 13.4. The molecule has 1 aliphatic heterocycles. The summed E-state index contributed by atoms with van der Waals surface area (Å²) < 4.78 is 5.38. The van der Waals surface area contributed by atoms with E-state index in [4.69, 9.17) is 10.5 Å². The Labute approximate surface area is 168 Å². The predicted octanol–water partition coefficient (Wildman–Crippen LogP) is 2.49. The Bertz CT molecular complexity index is 1110. The Morgan fingerprint density at radius 1 is 1.03 bits per heavy atom. The molecule has 0 bridgehead atoms. The molecule has 7 heteroatoms. The van der Waals surface area contributed by atoms with Crippen LogP contribution < -0.4 is 10.5 Å². The maximum Gasteiger partial charge on any atom is 0.266 e. The number of rotatable bonds is 4. The molecule has 0 radical (unpaired) electrons. The van der Waals surface area contributed by atoms with Crippen molar-refractivity contribution >= 4 is 11.9 Å². The second-order valence-electron chi connectivity index (χ2n) is 6.94. The van der Waals surface area contributed by atoms with Crippen molar-refractivity contribution in [3.8, 4) is 16.9 Å². The number of ether oxygens (including phenoxy) is 1. The first kappa shape index (κ1) is 18.6. The van der Waals surface area contributed by atoms with Gasteiger partial charge in [-0.1, -0.05) is 24.3 Å². The number of methoxy groups -OCH3 is 1. The van der Waals surface area contributed by atoms with Crippen molar-refractivity contribution in [2.45, 2.75) is 12.5 Å². The summed E-state index contributed by atoms with van der Waals surface area (Å²) in [5.41, 5.74) is 8.92. The minimum absolute atomic E-state index is 0.178. The lowest BCUT2D eigenvalue weighted by atomic mass is 9.81. The van der Waals surface area contributed by atoms with Crippen molar-refractivity contribution < 1.29 is 9.53 Å². The molecule has 0 saturated heterocycles. The summed E-state index contributed by atoms with van der Waals surface area (Å²) in [7, 11) is 3.25. The van der Waals surface area contributed by atoms with E-state index >= 15 is 0 Å². The van der Waals surface area contributed by atoms with Gasteiger partial charge in [0.15, 0.2) is 11.5 Å². The number of benzene rings is 2. The summed E-state index contributed by atoms with van der Waals surface area (Å²) in [6.45, 7) is 1.93. The number of carbonyl (C=O) groups excluding carboxylic acids is 1. The number of nitrogens with two attached hydrogens (primary N) is 1. The first-order chi connectivity index (χ1) is 14.0. The van der Waals surface area contributed by atoms with E-state index in [1.807, 2.05) is 49.4 Å². The van der Waals surface area contributed by atoms with Gasteiger partial charge in [0.1, 0.15) is 12.1 Å². The Hall–Kier alpha value is -3.74. The van der Waals surface area contributed by atoms with Gasteiger partial charge < -0.3 is 10.5 Å². The lowest BCUT2D eigenvalue weighted by Crippen LogP contribution is -2.41. The van der Waals surface area contributed by atoms with Gasteiger partial charge in [-0.3, -0.25) is 9.69 Å². The monoisotopic (exact) mass is 387 g/mol. The van der Waals surface area contributed by atoms with Crippen molar-refractivity contribution in [3.05, 3.63) is 77.9 Å². The summed E-state index contributed by atoms with van der Waals surface area (Å²) in [5, 5.41) is 0. The van der Waals surface area contributed by atoms with Crippen LogP contribution in [0.4, 0.5) is 0 Å². The lowest BCUT2D eigenvalue weighted by Gasteiger charge is -2.27. The molecular formula is C22H21N5O2. The van der Waals surface area contributed by atoms with E-state index in [1.54, 1.807) is 26.6 Å². The van der Waals surface area contributed by atoms with Gasteiger partial charge in [-0.15, -0.1) is 0 Å². The minimum Gasteiger partial charge on any atom is -0.496 e. The molecule has 2 heterocycles. The van der Waals surface area contributed by atoms with Crippen LogP contribution >= 0.6 is 0 Å². The van der Waals surface area contributed by atoms with E-state index in [9.17, 15) is 4.79 Å². The van der Waals surface area contributed by atoms with E-state index in [0.29, 0.717) is 0 Å². The Balaban J connectivity index is 1.94. The molecule has 1 atom stereocenters. The molecule has 0 aliphatic carbocycles. The molecule has 4 rings (SSSR count). The fourth-order valence-corrected chi connectivity index (χ4v) is 3.66. The number of aliphatic imine (C=N–C) groups is 1. The number of amides is 1. The first-order valence-electron chi connectivity index (χ1n) is 9.12. The minimum atomic E-state index is -1.26. The standard InChI is InChI=1S/C22H21N5O2/c1-14-9-18(7-8-19(14)29-3)22(20(28)27(2)21(23)26-22)17-6-4-5-15(10-17)16-11-24-13-25-12-16/h4-13H,1-3H3,(H2,23,26)/t22-/m1/s1. The van der Waals surface area contributed by atoms with Crippen LogP contribution in [0.1, 0.15) is 16.7 Å². The fraction of sp³-hybridized carbons (Fsp3) is 0.182. The van der Waals surface area contributed by atoms with Crippen LogP contribution in [0.15, 0.2) is 66.2 Å². The first-order valence-corrected chi connectivity index (χ1v) is 9.12. The smallest absolute Gasteiger partial charge is 0.266 e. The predicted molar refractivity (Wildman–Crippen MR) is 110 cm³/mol. The van der Waals surface area contributed by atoms with Crippen LogP contribution in [0.3, 0.4) is 0 Å². The largest absolute Gasteiger partial charge is 0.496 e. The SMILES string of the molecule is COc1ccc([C@@]2(c3cccc(-c4cncnc4)c3)N=C(N)N(C)C2=O)cc1C. The summed E-state index contributed by atoms with van der Waals surface area (Å²) in [6, 6.07) is 13.3. The van der Waals surface area contributed by atoms with E-state index < -0.39 is 5.54 Å². The number of likely N-dealkylation sites (N-methyl/N-ethyl adjacent to an activating group) is 1. The zero-order valence-electron chi connectivity index (χ0n) is 16.5. The third kappa shape index (κ3) is 2.91. The Morgan fingerprint density at radius 2 is 1.76 bits per heavy atom. The molecule has 0 fully saturated rings. The van der Waals surface area contributed by atoms with Crippen LogP contribution in [-0.4, -0.2) is 40.9 Å². The van der Waals surface area contributed by atoms with Crippen LogP contribution in [0.25, 0.3) is 11.1 Å². The third-order valence-electron chi connectivity index (χ3n) is 5.23. The number of aryl methyl sites for hydroxylation is 1. The summed E-state index contributed by atoms with van der Waals surface area (Å²) >= 11 is 0. The molecule has 3 aromatic rings. The quantitative estimate of drug-likeness (QED) is 0.742. The van der Waals surface area contributed by atoms with Gasteiger partial charge in [-0.2, -0.15) is 0 Å². The van der Waals surface area contributed by atoms with Crippen LogP contribution in [-0.2, 0) is 10.3 Å². The van der Waals surface area contributed by atoms with E-state index in [-0.39, 0.29) is 11.9 Å². The number of guanidine groups is 1. The molecule has 146 valence electrons. The van der Waals surface area contributed by atoms with Gasteiger partial charge in [-0.25, -0.2) is 15.0 Å². The number of nitrogens with zero attached hydrogens (tertiary/aromatic N) is 4. The maximum absolute atomic E-state index is 13.4. The molecule has 1 aromatic heterocycles. The average molecular weight is 387 g/mol. The van der Waals surface area contributed by atoms with Crippen molar-refractivity contribution in [2.24, 2.45) is 10.7 Å². The average Bonchev–Trinajstić information content (AvgIpc) is 2.99. The summed E-state index contributed by atoms with van der Waals surface area (Å²) in [5.74, 6) is 0.716. The van der Waals surface area contributed by atoms with Gasteiger partial charge >= 0.3 is 0 Å². The molecule has 1 amide bonds. The van der Waals surface area contributed by atoms with Crippen LogP contribution in [0.2, 0.25) is 0 Å². The van der Waals surface area contributed by atoms with Crippen molar-refractivity contribution in [1.29, 1.82) is 0 Å². The molecular weight excluding hydrogens is 366 g/mol. The van der Waals surface area contributed by atoms with Crippen molar-refractivity contribution in [2.75, 3.05) is 14.2 Å². The number of hydrogen-bond acceptors (Lipinski definition) is 6. The summed E-state index contributed by atoms with van der Waals surface area (Å²) in [6.07, 6.45) is 4.95. The fourth-order valence-electron chi connectivity index (χ4n) is 3.66.